The van der Waals surface area contributed by atoms with E-state index in [9.17, 15) is 9.59 Å². The van der Waals surface area contributed by atoms with Gasteiger partial charge in [-0.2, -0.15) is 0 Å². The summed E-state index contributed by atoms with van der Waals surface area (Å²) >= 11 is 1.62. The van der Waals surface area contributed by atoms with Crippen molar-refractivity contribution in [2.45, 2.75) is 64.2 Å². The largest absolute Gasteiger partial charge is 0.351 e. The number of hydrogen-bond acceptors (Lipinski definition) is 3. The molecule has 2 amide bonds. The summed E-state index contributed by atoms with van der Waals surface area (Å²) in [5, 5.41) is 6.34. The molecule has 6 rings (SSSR count). The highest BCUT2D eigenvalue weighted by molar-refractivity contribution is 7.09. The first kappa shape index (κ1) is 22.2. The van der Waals surface area contributed by atoms with Gasteiger partial charge >= 0.3 is 0 Å². The zero-order valence-corrected chi connectivity index (χ0v) is 21.0. The Hall–Kier alpha value is -3.32. The SMILES string of the molecule is Cc1ccc2c(c1)c(-n1cccc1)c1n2C[C@@](C)(C(=O)NC2CCCC2)N(Cc2cccs2)C1=O. The Morgan fingerprint density at radius 3 is 2.63 bits per heavy atom. The summed E-state index contributed by atoms with van der Waals surface area (Å²) in [6.07, 6.45) is 8.27. The first-order chi connectivity index (χ1) is 17.0. The molecule has 0 spiro atoms. The second-order valence-electron chi connectivity index (χ2n) is 10.1. The van der Waals surface area contributed by atoms with Crippen LogP contribution in [0.1, 0.15) is 53.5 Å². The van der Waals surface area contributed by atoms with E-state index >= 15 is 0 Å². The lowest BCUT2D eigenvalue weighted by Gasteiger charge is -2.44. The summed E-state index contributed by atoms with van der Waals surface area (Å²) in [7, 11) is 0. The summed E-state index contributed by atoms with van der Waals surface area (Å²) in [6, 6.07) is 14.5. The lowest BCUT2D eigenvalue weighted by Crippen LogP contribution is -2.64. The van der Waals surface area contributed by atoms with Crippen LogP contribution in [-0.2, 0) is 17.9 Å². The van der Waals surface area contributed by atoms with Crippen molar-refractivity contribution >= 4 is 34.1 Å². The Morgan fingerprint density at radius 2 is 1.91 bits per heavy atom. The summed E-state index contributed by atoms with van der Waals surface area (Å²) in [6.45, 7) is 4.83. The minimum atomic E-state index is -0.999. The summed E-state index contributed by atoms with van der Waals surface area (Å²) in [5.41, 5.74) is 2.65. The van der Waals surface area contributed by atoms with E-state index in [0.717, 1.165) is 52.7 Å². The van der Waals surface area contributed by atoms with Crippen molar-refractivity contribution in [2.24, 2.45) is 0 Å². The average molecular weight is 487 g/mol. The number of benzene rings is 1. The Kier molecular flexibility index (Phi) is 5.33. The van der Waals surface area contributed by atoms with Crippen molar-refractivity contribution in [3.05, 3.63) is 76.4 Å². The number of rotatable bonds is 5. The molecule has 35 heavy (non-hydrogen) atoms. The molecular weight excluding hydrogens is 456 g/mol. The van der Waals surface area contributed by atoms with Gasteiger partial charge in [0.15, 0.2) is 0 Å². The van der Waals surface area contributed by atoms with Crippen molar-refractivity contribution in [1.29, 1.82) is 0 Å². The fraction of sp³-hybridized carbons (Fsp3) is 0.357. The van der Waals surface area contributed by atoms with Gasteiger partial charge in [-0.1, -0.05) is 30.5 Å². The first-order valence-corrected chi connectivity index (χ1v) is 13.3. The molecule has 4 aromatic rings. The smallest absolute Gasteiger partial charge is 0.273 e. The lowest BCUT2D eigenvalue weighted by atomic mass is 9.93. The van der Waals surface area contributed by atoms with Gasteiger partial charge in [0.05, 0.1) is 24.3 Å². The van der Waals surface area contributed by atoms with Crippen molar-refractivity contribution < 1.29 is 9.59 Å². The Morgan fingerprint density at radius 1 is 1.14 bits per heavy atom. The molecule has 1 N–H and O–H groups in total. The van der Waals surface area contributed by atoms with E-state index in [1.165, 1.54) is 0 Å². The van der Waals surface area contributed by atoms with Crippen LogP contribution in [-0.4, -0.2) is 37.4 Å². The molecule has 1 aliphatic heterocycles. The molecule has 6 nitrogen and oxygen atoms in total. The highest BCUT2D eigenvalue weighted by Crippen LogP contribution is 2.39. The predicted octanol–water partition coefficient (Wildman–Crippen LogP) is 5.28. The maximum atomic E-state index is 14.4. The van der Waals surface area contributed by atoms with Crippen LogP contribution in [0.25, 0.3) is 16.6 Å². The van der Waals surface area contributed by atoms with E-state index in [1.807, 2.05) is 53.5 Å². The monoisotopic (exact) mass is 486 g/mol. The zero-order valence-electron chi connectivity index (χ0n) is 20.2. The number of hydrogen-bond donors (Lipinski definition) is 1. The van der Waals surface area contributed by atoms with E-state index in [4.69, 9.17) is 0 Å². The summed E-state index contributed by atoms with van der Waals surface area (Å²) in [4.78, 5) is 31.1. The zero-order chi connectivity index (χ0) is 24.2. The molecule has 4 heterocycles. The van der Waals surface area contributed by atoms with Crippen molar-refractivity contribution in [1.82, 2.24) is 19.4 Å². The van der Waals surface area contributed by atoms with Gasteiger partial charge in [-0.05, 0) is 62.4 Å². The molecule has 3 aromatic heterocycles. The van der Waals surface area contributed by atoms with Crippen molar-refractivity contribution in [3.8, 4) is 5.69 Å². The van der Waals surface area contributed by atoms with Crippen molar-refractivity contribution in [3.63, 3.8) is 0 Å². The highest BCUT2D eigenvalue weighted by atomic mass is 32.1. The summed E-state index contributed by atoms with van der Waals surface area (Å²) in [5.74, 6) is -0.164. The van der Waals surface area contributed by atoms with Crippen LogP contribution in [0.2, 0.25) is 0 Å². The molecule has 180 valence electrons. The van der Waals surface area contributed by atoms with Gasteiger partial charge in [0.2, 0.25) is 5.91 Å². The maximum Gasteiger partial charge on any atom is 0.273 e. The normalized spacial score (nSPS) is 20.5. The number of carbonyl (C=O) groups is 2. The minimum absolute atomic E-state index is 0.0589. The second-order valence-corrected chi connectivity index (χ2v) is 11.1. The van der Waals surface area contributed by atoms with Crippen LogP contribution in [0, 0.1) is 6.92 Å². The number of thiophene rings is 1. The first-order valence-electron chi connectivity index (χ1n) is 12.4. The number of nitrogens with one attached hydrogen (secondary N) is 1. The third-order valence-corrected chi connectivity index (χ3v) is 8.50. The maximum absolute atomic E-state index is 14.4. The molecule has 0 unspecified atom stereocenters. The van der Waals surface area contributed by atoms with E-state index in [0.29, 0.717) is 18.8 Å². The molecule has 1 aliphatic carbocycles. The highest BCUT2D eigenvalue weighted by Gasteiger charge is 2.49. The number of aromatic nitrogens is 2. The van der Waals surface area contributed by atoms with E-state index in [-0.39, 0.29) is 17.9 Å². The van der Waals surface area contributed by atoms with E-state index in [1.54, 1.807) is 16.2 Å². The van der Waals surface area contributed by atoms with Crippen LogP contribution in [0.15, 0.2) is 60.2 Å². The van der Waals surface area contributed by atoms with Gasteiger partial charge in [0, 0.05) is 28.7 Å². The molecule has 1 saturated carbocycles. The number of aryl methyl sites for hydroxylation is 1. The topological polar surface area (TPSA) is 59.3 Å². The quantitative estimate of drug-likeness (QED) is 0.418. The molecule has 1 aromatic carbocycles. The average Bonchev–Trinajstić information content (AvgIpc) is 3.64. The van der Waals surface area contributed by atoms with Crippen LogP contribution in [0.3, 0.4) is 0 Å². The van der Waals surface area contributed by atoms with Crippen LogP contribution in [0.4, 0.5) is 0 Å². The lowest BCUT2D eigenvalue weighted by molar-refractivity contribution is -0.133. The molecular formula is C28H30N4O2S. The van der Waals surface area contributed by atoms with Crippen molar-refractivity contribution in [2.75, 3.05) is 0 Å². The van der Waals surface area contributed by atoms with Crippen LogP contribution in [0.5, 0.6) is 0 Å². The molecule has 1 fully saturated rings. The fourth-order valence-corrected chi connectivity index (χ4v) is 6.42. The van der Waals surface area contributed by atoms with E-state index < -0.39 is 5.54 Å². The van der Waals surface area contributed by atoms with Gasteiger partial charge < -0.3 is 19.4 Å². The third-order valence-electron chi connectivity index (χ3n) is 7.64. The molecule has 7 heteroatoms. The van der Waals surface area contributed by atoms with E-state index in [2.05, 4.69) is 35.0 Å². The van der Waals surface area contributed by atoms with Gasteiger partial charge in [-0.15, -0.1) is 11.3 Å². The molecule has 0 radical (unpaired) electrons. The van der Waals surface area contributed by atoms with Gasteiger partial charge in [0.25, 0.3) is 5.91 Å². The summed E-state index contributed by atoms with van der Waals surface area (Å²) < 4.78 is 4.10. The number of carbonyl (C=O) groups excluding carboxylic acids is 2. The van der Waals surface area contributed by atoms with Crippen LogP contribution < -0.4 is 5.32 Å². The van der Waals surface area contributed by atoms with Gasteiger partial charge in [0.1, 0.15) is 11.2 Å². The number of nitrogens with zero attached hydrogens (tertiary/aromatic N) is 3. The van der Waals surface area contributed by atoms with Gasteiger partial charge in [-0.25, -0.2) is 0 Å². The standard InChI is InChI=1S/C28H30N4O2S/c1-19-11-12-23-22(16-19)24(30-13-5-6-14-30)25-26(33)32(17-21-10-7-15-35-21)28(2,18-31(23)25)27(34)29-20-8-3-4-9-20/h5-7,10-16,20H,3-4,8-9,17-18H2,1-2H3,(H,29,34)/t28-/m0/s1. The molecule has 1 atom stereocenters. The fourth-order valence-electron chi connectivity index (χ4n) is 5.73. The molecule has 0 bridgehead atoms. The second kappa shape index (κ2) is 8.41. The molecule has 0 saturated heterocycles. The third kappa shape index (κ3) is 3.60. The number of amides is 2. The predicted molar refractivity (Wildman–Crippen MR) is 139 cm³/mol. The number of fused-ring (bicyclic) bond motifs is 3. The van der Waals surface area contributed by atoms with Crippen LogP contribution >= 0.6 is 11.3 Å². The van der Waals surface area contributed by atoms with Gasteiger partial charge in [-0.3, -0.25) is 9.59 Å². The Labute approximate surface area is 209 Å². The Balaban J connectivity index is 1.53. The Bertz CT molecular complexity index is 1400. The molecule has 2 aliphatic rings. The minimum Gasteiger partial charge on any atom is -0.351 e.